The SMILES string of the molecule is CN(C)C(=O)CCCNCc1cc[nH]c1. The molecule has 1 aromatic rings. The van der Waals surface area contributed by atoms with E-state index in [-0.39, 0.29) is 5.91 Å². The summed E-state index contributed by atoms with van der Waals surface area (Å²) in [6.07, 6.45) is 5.39. The van der Waals surface area contributed by atoms with E-state index in [0.29, 0.717) is 6.42 Å². The van der Waals surface area contributed by atoms with E-state index in [1.807, 2.05) is 18.5 Å². The molecule has 2 N–H and O–H groups in total. The average molecular weight is 209 g/mol. The second-order valence-electron chi connectivity index (χ2n) is 3.79. The Labute approximate surface area is 90.7 Å². The van der Waals surface area contributed by atoms with Gasteiger partial charge in [0.1, 0.15) is 0 Å². The van der Waals surface area contributed by atoms with Crippen LogP contribution in [-0.4, -0.2) is 36.4 Å². The first kappa shape index (κ1) is 11.8. The van der Waals surface area contributed by atoms with Crippen molar-refractivity contribution in [3.8, 4) is 0 Å². The van der Waals surface area contributed by atoms with Gasteiger partial charge in [0.05, 0.1) is 0 Å². The van der Waals surface area contributed by atoms with Crippen LogP contribution in [0.5, 0.6) is 0 Å². The number of hydrogen-bond acceptors (Lipinski definition) is 2. The van der Waals surface area contributed by atoms with Gasteiger partial charge in [-0.25, -0.2) is 0 Å². The topological polar surface area (TPSA) is 48.1 Å². The molecule has 1 aromatic heterocycles. The number of aromatic amines is 1. The Kier molecular flexibility index (Phi) is 4.90. The van der Waals surface area contributed by atoms with E-state index in [9.17, 15) is 4.79 Å². The molecule has 0 radical (unpaired) electrons. The minimum atomic E-state index is 0.193. The maximum atomic E-state index is 11.2. The Bertz CT molecular complexity index is 280. The Hall–Kier alpha value is -1.29. The maximum Gasteiger partial charge on any atom is 0.222 e. The highest BCUT2D eigenvalue weighted by atomic mass is 16.2. The molecular weight excluding hydrogens is 190 g/mol. The Morgan fingerprint density at radius 2 is 2.33 bits per heavy atom. The van der Waals surface area contributed by atoms with Crippen LogP contribution in [0.4, 0.5) is 0 Å². The minimum absolute atomic E-state index is 0.193. The highest BCUT2D eigenvalue weighted by molar-refractivity contribution is 5.75. The van der Waals surface area contributed by atoms with Gasteiger partial charge in [-0.3, -0.25) is 4.79 Å². The lowest BCUT2D eigenvalue weighted by atomic mass is 10.2. The predicted octanol–water partition coefficient (Wildman–Crippen LogP) is 0.973. The third-order valence-electron chi connectivity index (χ3n) is 2.23. The number of carbonyl (C=O) groups is 1. The Morgan fingerprint density at radius 1 is 1.53 bits per heavy atom. The zero-order chi connectivity index (χ0) is 11.1. The molecule has 1 heterocycles. The second-order valence-corrected chi connectivity index (χ2v) is 3.79. The van der Waals surface area contributed by atoms with Gasteiger partial charge in [-0.15, -0.1) is 0 Å². The number of nitrogens with one attached hydrogen (secondary N) is 2. The molecule has 0 aromatic carbocycles. The average Bonchev–Trinajstić information content (AvgIpc) is 2.69. The number of aromatic nitrogens is 1. The lowest BCUT2D eigenvalue weighted by Crippen LogP contribution is -2.23. The fraction of sp³-hybridized carbons (Fsp3) is 0.545. The number of nitrogens with zero attached hydrogens (tertiary/aromatic N) is 1. The van der Waals surface area contributed by atoms with Gasteiger partial charge in [-0.1, -0.05) is 0 Å². The van der Waals surface area contributed by atoms with E-state index < -0.39 is 0 Å². The maximum absolute atomic E-state index is 11.2. The number of carbonyl (C=O) groups excluding carboxylic acids is 1. The van der Waals surface area contributed by atoms with Crippen molar-refractivity contribution < 1.29 is 4.79 Å². The standard InChI is InChI=1S/C11H19N3O/c1-14(2)11(15)4-3-6-12-8-10-5-7-13-9-10/h5,7,9,12-13H,3-4,6,8H2,1-2H3. The minimum Gasteiger partial charge on any atom is -0.367 e. The van der Waals surface area contributed by atoms with E-state index in [0.717, 1.165) is 19.5 Å². The van der Waals surface area contributed by atoms with Gasteiger partial charge >= 0.3 is 0 Å². The van der Waals surface area contributed by atoms with Gasteiger partial charge in [0.25, 0.3) is 0 Å². The zero-order valence-corrected chi connectivity index (χ0v) is 9.42. The zero-order valence-electron chi connectivity index (χ0n) is 9.42. The number of H-pyrrole nitrogens is 1. The van der Waals surface area contributed by atoms with Crippen molar-refractivity contribution >= 4 is 5.91 Å². The van der Waals surface area contributed by atoms with Gasteiger partial charge < -0.3 is 15.2 Å². The number of amides is 1. The summed E-state index contributed by atoms with van der Waals surface area (Å²) in [6, 6.07) is 2.04. The molecule has 0 saturated carbocycles. The first-order valence-corrected chi connectivity index (χ1v) is 5.22. The van der Waals surface area contributed by atoms with E-state index >= 15 is 0 Å². The number of hydrogen-bond donors (Lipinski definition) is 2. The molecule has 1 amide bonds. The van der Waals surface area contributed by atoms with Gasteiger partial charge in [-0.2, -0.15) is 0 Å². The summed E-state index contributed by atoms with van der Waals surface area (Å²) in [4.78, 5) is 15.9. The van der Waals surface area contributed by atoms with Crippen molar-refractivity contribution in [2.24, 2.45) is 0 Å². The molecule has 0 aliphatic carbocycles. The van der Waals surface area contributed by atoms with E-state index in [1.54, 1.807) is 19.0 Å². The summed E-state index contributed by atoms with van der Waals surface area (Å²) in [5.74, 6) is 0.193. The van der Waals surface area contributed by atoms with Crippen LogP contribution in [0, 0.1) is 0 Å². The molecule has 0 aliphatic rings. The van der Waals surface area contributed by atoms with Gasteiger partial charge in [0.2, 0.25) is 5.91 Å². The molecule has 0 spiro atoms. The molecule has 0 unspecified atom stereocenters. The van der Waals surface area contributed by atoms with Crippen LogP contribution in [0.1, 0.15) is 18.4 Å². The highest BCUT2D eigenvalue weighted by Crippen LogP contribution is 1.96. The molecule has 15 heavy (non-hydrogen) atoms. The summed E-state index contributed by atoms with van der Waals surface area (Å²) in [5, 5.41) is 3.29. The van der Waals surface area contributed by atoms with Crippen LogP contribution >= 0.6 is 0 Å². The van der Waals surface area contributed by atoms with Crippen LogP contribution < -0.4 is 5.32 Å². The summed E-state index contributed by atoms with van der Waals surface area (Å²) >= 11 is 0. The van der Waals surface area contributed by atoms with Crippen molar-refractivity contribution in [1.29, 1.82) is 0 Å². The van der Waals surface area contributed by atoms with Gasteiger partial charge in [0, 0.05) is 39.5 Å². The normalized spacial score (nSPS) is 10.3. The molecule has 84 valence electrons. The van der Waals surface area contributed by atoms with E-state index in [4.69, 9.17) is 0 Å². The summed E-state index contributed by atoms with van der Waals surface area (Å²) < 4.78 is 0. The van der Waals surface area contributed by atoms with Crippen molar-refractivity contribution in [3.05, 3.63) is 24.0 Å². The van der Waals surface area contributed by atoms with Crippen LogP contribution in [0.2, 0.25) is 0 Å². The fourth-order valence-electron chi connectivity index (χ4n) is 1.29. The molecule has 0 bridgehead atoms. The van der Waals surface area contributed by atoms with Gasteiger partial charge in [0.15, 0.2) is 0 Å². The van der Waals surface area contributed by atoms with Crippen molar-refractivity contribution in [2.45, 2.75) is 19.4 Å². The molecule has 0 saturated heterocycles. The third kappa shape index (κ3) is 4.65. The molecule has 0 fully saturated rings. The van der Waals surface area contributed by atoms with Crippen molar-refractivity contribution in [1.82, 2.24) is 15.2 Å². The Morgan fingerprint density at radius 3 is 2.93 bits per heavy atom. The van der Waals surface area contributed by atoms with Crippen LogP contribution in [0.15, 0.2) is 18.5 Å². The number of rotatable bonds is 6. The summed E-state index contributed by atoms with van der Waals surface area (Å²) in [7, 11) is 3.57. The lowest BCUT2D eigenvalue weighted by molar-refractivity contribution is -0.128. The summed E-state index contributed by atoms with van der Waals surface area (Å²) in [5.41, 5.74) is 1.24. The quantitative estimate of drug-likeness (QED) is 0.686. The Balaban J connectivity index is 2.00. The molecular formula is C11H19N3O. The van der Waals surface area contributed by atoms with Crippen LogP contribution in [-0.2, 0) is 11.3 Å². The third-order valence-corrected chi connectivity index (χ3v) is 2.23. The predicted molar refractivity (Wildman–Crippen MR) is 60.4 cm³/mol. The van der Waals surface area contributed by atoms with Crippen LogP contribution in [0.3, 0.4) is 0 Å². The smallest absolute Gasteiger partial charge is 0.222 e. The monoisotopic (exact) mass is 209 g/mol. The van der Waals surface area contributed by atoms with E-state index in [2.05, 4.69) is 10.3 Å². The second kappa shape index (κ2) is 6.24. The van der Waals surface area contributed by atoms with Crippen molar-refractivity contribution in [3.63, 3.8) is 0 Å². The molecule has 4 nitrogen and oxygen atoms in total. The van der Waals surface area contributed by atoms with E-state index in [1.165, 1.54) is 5.56 Å². The highest BCUT2D eigenvalue weighted by Gasteiger charge is 2.02. The van der Waals surface area contributed by atoms with Crippen LogP contribution in [0.25, 0.3) is 0 Å². The first-order valence-electron chi connectivity index (χ1n) is 5.22. The van der Waals surface area contributed by atoms with Gasteiger partial charge in [-0.05, 0) is 24.6 Å². The first-order chi connectivity index (χ1) is 7.20. The molecule has 4 heteroatoms. The lowest BCUT2D eigenvalue weighted by Gasteiger charge is -2.09. The molecule has 0 atom stereocenters. The van der Waals surface area contributed by atoms with Crippen molar-refractivity contribution in [2.75, 3.05) is 20.6 Å². The molecule has 0 aliphatic heterocycles. The largest absolute Gasteiger partial charge is 0.367 e. The summed E-state index contributed by atoms with van der Waals surface area (Å²) in [6.45, 7) is 1.74. The molecule has 1 rings (SSSR count). The fourth-order valence-corrected chi connectivity index (χ4v) is 1.29.